The van der Waals surface area contributed by atoms with Crippen LogP contribution in [0.5, 0.6) is 0 Å². The lowest BCUT2D eigenvalue weighted by molar-refractivity contribution is -0.141. The molecule has 8 heteroatoms. The van der Waals surface area contributed by atoms with Crippen LogP contribution in [0.3, 0.4) is 0 Å². The molecule has 0 aliphatic rings. The number of ether oxygens (including phenoxy) is 1. The predicted molar refractivity (Wildman–Crippen MR) is 65.1 cm³/mol. The zero-order chi connectivity index (χ0) is 15.2. The molecule has 0 spiro atoms. The Kier molecular flexibility index (Phi) is 5.36. The minimum absolute atomic E-state index is 0.152. The molecule has 0 saturated carbocycles. The highest BCUT2D eigenvalue weighted by atomic mass is 19.4. The lowest BCUT2D eigenvalue weighted by Gasteiger charge is -2.13. The molecule has 0 aliphatic carbocycles. The normalized spacial score (nSPS) is 10.8. The van der Waals surface area contributed by atoms with Crippen molar-refractivity contribution in [3.8, 4) is 0 Å². The van der Waals surface area contributed by atoms with Crippen LogP contribution in [0.4, 0.5) is 23.7 Å². The molecule has 0 fully saturated rings. The summed E-state index contributed by atoms with van der Waals surface area (Å²) in [6.07, 6.45) is -4.58. The van der Waals surface area contributed by atoms with Crippen LogP contribution < -0.4 is 10.6 Å². The standard InChI is InChI=1S/C12H13F3N2O3/c1-2-20-10(18)7-16-11(19)17-9-6-4-3-5-8(9)12(13,14)15/h3-6H,2,7H2,1H3,(H2,16,17,19). The number of hydrogen-bond donors (Lipinski definition) is 2. The van der Waals surface area contributed by atoms with E-state index in [4.69, 9.17) is 0 Å². The molecule has 0 saturated heterocycles. The lowest BCUT2D eigenvalue weighted by Crippen LogP contribution is -2.34. The molecule has 0 unspecified atom stereocenters. The van der Waals surface area contributed by atoms with Gasteiger partial charge in [-0.1, -0.05) is 12.1 Å². The molecule has 0 aromatic heterocycles. The first kappa shape index (κ1) is 15.8. The van der Waals surface area contributed by atoms with Crippen molar-refractivity contribution in [2.75, 3.05) is 18.5 Å². The maximum Gasteiger partial charge on any atom is 0.418 e. The molecule has 1 aromatic rings. The average molecular weight is 290 g/mol. The number of urea groups is 1. The van der Waals surface area contributed by atoms with Crippen molar-refractivity contribution in [2.45, 2.75) is 13.1 Å². The van der Waals surface area contributed by atoms with Crippen LogP contribution in [-0.2, 0) is 15.7 Å². The Morgan fingerprint density at radius 3 is 2.50 bits per heavy atom. The van der Waals surface area contributed by atoms with E-state index in [0.717, 1.165) is 12.1 Å². The Labute approximate surface area is 113 Å². The number of halogens is 3. The largest absolute Gasteiger partial charge is 0.465 e. The lowest BCUT2D eigenvalue weighted by atomic mass is 10.1. The number of benzene rings is 1. The van der Waals surface area contributed by atoms with Gasteiger partial charge in [-0.05, 0) is 19.1 Å². The van der Waals surface area contributed by atoms with Crippen LogP contribution in [0, 0.1) is 0 Å². The number of para-hydroxylation sites is 1. The van der Waals surface area contributed by atoms with E-state index in [-0.39, 0.29) is 12.3 Å². The molecule has 0 aliphatic heterocycles. The maximum absolute atomic E-state index is 12.7. The van der Waals surface area contributed by atoms with E-state index in [1.165, 1.54) is 12.1 Å². The predicted octanol–water partition coefficient (Wildman–Crippen LogP) is 2.39. The smallest absolute Gasteiger partial charge is 0.418 e. The number of hydrogen-bond acceptors (Lipinski definition) is 3. The number of rotatable bonds is 4. The van der Waals surface area contributed by atoms with Crippen LogP contribution >= 0.6 is 0 Å². The summed E-state index contributed by atoms with van der Waals surface area (Å²) in [5.41, 5.74) is -1.35. The number of amides is 2. The first-order valence-corrected chi connectivity index (χ1v) is 5.71. The molecule has 20 heavy (non-hydrogen) atoms. The minimum atomic E-state index is -4.58. The van der Waals surface area contributed by atoms with Gasteiger partial charge in [0.25, 0.3) is 0 Å². The highest BCUT2D eigenvalue weighted by Gasteiger charge is 2.33. The fourth-order valence-corrected chi connectivity index (χ4v) is 1.37. The first-order chi connectivity index (χ1) is 9.34. The third kappa shape index (κ3) is 4.79. The number of carbonyl (C=O) groups excluding carboxylic acids is 2. The van der Waals surface area contributed by atoms with Crippen molar-refractivity contribution in [3.05, 3.63) is 29.8 Å². The highest BCUT2D eigenvalue weighted by molar-refractivity contribution is 5.92. The van der Waals surface area contributed by atoms with Crippen molar-refractivity contribution in [1.82, 2.24) is 5.32 Å². The molecule has 0 bridgehead atoms. The minimum Gasteiger partial charge on any atom is -0.465 e. The molecule has 2 N–H and O–H groups in total. The summed E-state index contributed by atoms with van der Waals surface area (Å²) in [7, 11) is 0. The van der Waals surface area contributed by atoms with Gasteiger partial charge >= 0.3 is 18.2 Å². The molecule has 0 heterocycles. The van der Waals surface area contributed by atoms with E-state index in [9.17, 15) is 22.8 Å². The molecule has 2 amide bonds. The van der Waals surface area contributed by atoms with Gasteiger partial charge in [0.1, 0.15) is 6.54 Å². The third-order valence-corrected chi connectivity index (χ3v) is 2.18. The van der Waals surface area contributed by atoms with Crippen molar-refractivity contribution in [3.63, 3.8) is 0 Å². The number of esters is 1. The quantitative estimate of drug-likeness (QED) is 0.837. The third-order valence-electron chi connectivity index (χ3n) is 2.18. The second-order valence-electron chi connectivity index (χ2n) is 3.66. The summed E-state index contributed by atoms with van der Waals surface area (Å²) in [6, 6.07) is 3.61. The van der Waals surface area contributed by atoms with Crippen LogP contribution in [0.15, 0.2) is 24.3 Å². The maximum atomic E-state index is 12.7. The van der Waals surface area contributed by atoms with Gasteiger partial charge in [0, 0.05) is 0 Å². The van der Waals surface area contributed by atoms with Gasteiger partial charge in [-0.25, -0.2) is 4.79 Å². The summed E-state index contributed by atoms with van der Waals surface area (Å²) in [5, 5.41) is 4.14. The second kappa shape index (κ2) is 6.78. The molecule has 1 rings (SSSR count). The van der Waals surface area contributed by atoms with E-state index in [1.807, 2.05) is 5.32 Å². The van der Waals surface area contributed by atoms with E-state index < -0.39 is 30.3 Å². The van der Waals surface area contributed by atoms with Crippen molar-refractivity contribution in [2.24, 2.45) is 0 Å². The Bertz CT molecular complexity index is 489. The monoisotopic (exact) mass is 290 g/mol. The van der Waals surface area contributed by atoms with Crippen LogP contribution in [0.25, 0.3) is 0 Å². The summed E-state index contributed by atoms with van der Waals surface area (Å²) < 4.78 is 42.6. The zero-order valence-electron chi connectivity index (χ0n) is 10.6. The van der Waals surface area contributed by atoms with Crippen LogP contribution in [0.1, 0.15) is 12.5 Å². The van der Waals surface area contributed by atoms with Gasteiger partial charge < -0.3 is 15.4 Å². The summed E-state index contributed by atoms with van der Waals surface area (Å²) in [4.78, 5) is 22.4. The number of carbonyl (C=O) groups is 2. The average Bonchev–Trinajstić information content (AvgIpc) is 2.36. The second-order valence-corrected chi connectivity index (χ2v) is 3.66. The van der Waals surface area contributed by atoms with E-state index >= 15 is 0 Å². The van der Waals surface area contributed by atoms with Crippen LogP contribution in [0.2, 0.25) is 0 Å². The van der Waals surface area contributed by atoms with Gasteiger partial charge in [0.15, 0.2) is 0 Å². The van der Waals surface area contributed by atoms with Crippen molar-refractivity contribution >= 4 is 17.7 Å². The fraction of sp³-hybridized carbons (Fsp3) is 0.333. The molecule has 110 valence electrons. The van der Waals surface area contributed by atoms with E-state index in [0.29, 0.717) is 0 Å². The highest BCUT2D eigenvalue weighted by Crippen LogP contribution is 2.34. The van der Waals surface area contributed by atoms with Gasteiger partial charge in [-0.2, -0.15) is 13.2 Å². The Morgan fingerprint density at radius 2 is 1.90 bits per heavy atom. The first-order valence-electron chi connectivity index (χ1n) is 5.71. The summed E-state index contributed by atoms with van der Waals surface area (Å²) >= 11 is 0. The number of nitrogens with one attached hydrogen (secondary N) is 2. The van der Waals surface area contributed by atoms with Crippen LogP contribution in [-0.4, -0.2) is 25.2 Å². The Hall–Kier alpha value is -2.25. The topological polar surface area (TPSA) is 67.4 Å². The van der Waals surface area contributed by atoms with Gasteiger partial charge in [0.2, 0.25) is 0 Å². The number of anilines is 1. The SMILES string of the molecule is CCOC(=O)CNC(=O)Nc1ccccc1C(F)(F)F. The Morgan fingerprint density at radius 1 is 1.25 bits per heavy atom. The summed E-state index contributed by atoms with van der Waals surface area (Å²) in [5.74, 6) is -0.674. The Balaban J connectivity index is 2.65. The van der Waals surface area contributed by atoms with Crippen molar-refractivity contribution < 1.29 is 27.5 Å². The molecule has 1 aromatic carbocycles. The van der Waals surface area contributed by atoms with E-state index in [2.05, 4.69) is 10.1 Å². The van der Waals surface area contributed by atoms with Crippen molar-refractivity contribution in [1.29, 1.82) is 0 Å². The fourth-order valence-electron chi connectivity index (χ4n) is 1.37. The van der Waals surface area contributed by atoms with Gasteiger partial charge in [-0.15, -0.1) is 0 Å². The molecule has 0 atom stereocenters. The van der Waals surface area contributed by atoms with E-state index in [1.54, 1.807) is 6.92 Å². The number of alkyl halides is 3. The molecular weight excluding hydrogens is 277 g/mol. The van der Waals surface area contributed by atoms with Gasteiger partial charge in [-0.3, -0.25) is 4.79 Å². The molecular formula is C12H13F3N2O3. The molecule has 5 nitrogen and oxygen atoms in total. The summed E-state index contributed by atoms with van der Waals surface area (Å²) in [6.45, 7) is 1.32. The zero-order valence-corrected chi connectivity index (χ0v) is 10.6. The molecule has 0 radical (unpaired) electrons. The van der Waals surface area contributed by atoms with Gasteiger partial charge in [0.05, 0.1) is 17.9 Å².